The van der Waals surface area contributed by atoms with Crippen molar-refractivity contribution in [3.63, 3.8) is 0 Å². The molecule has 0 radical (unpaired) electrons. The number of likely N-dealkylation sites (tertiary alicyclic amines) is 1. The number of amides is 2. The largest absolute Gasteiger partial charge is 0.336 e. The molecule has 5 heteroatoms. The average Bonchev–Trinajstić information content (AvgIpc) is 2.98. The molecular formula is C21H25N3O2. The molecule has 1 atom stereocenters. The van der Waals surface area contributed by atoms with Gasteiger partial charge in [-0.1, -0.05) is 38.1 Å². The van der Waals surface area contributed by atoms with Crippen LogP contribution >= 0.6 is 0 Å². The van der Waals surface area contributed by atoms with Crippen molar-refractivity contribution in [3.05, 3.63) is 59.4 Å². The number of aryl methyl sites for hydroxylation is 1. The highest BCUT2D eigenvalue weighted by atomic mass is 16.2. The standard InChI is InChI=1S/C21H25N3O2/c1-14(2)18-9-6-7-15(3)20(18)23-21(26)16-11-19(25)24(12-16)13-17-8-4-5-10-22-17/h4-10,14,16H,11-13H2,1-3H3,(H,23,26)/t16-/m1/s1. The maximum atomic E-state index is 12.8. The minimum absolute atomic E-state index is 0.00432. The summed E-state index contributed by atoms with van der Waals surface area (Å²) < 4.78 is 0. The van der Waals surface area contributed by atoms with E-state index in [1.165, 1.54) is 0 Å². The van der Waals surface area contributed by atoms with E-state index >= 15 is 0 Å². The number of hydrogen-bond acceptors (Lipinski definition) is 3. The van der Waals surface area contributed by atoms with Crippen LogP contribution in [0.4, 0.5) is 5.69 Å². The second-order valence-electron chi connectivity index (χ2n) is 7.18. The van der Waals surface area contributed by atoms with Gasteiger partial charge in [-0.3, -0.25) is 14.6 Å². The molecule has 2 amide bonds. The fourth-order valence-corrected chi connectivity index (χ4v) is 3.36. The lowest BCUT2D eigenvalue weighted by molar-refractivity contribution is -0.128. The molecule has 2 aromatic rings. The SMILES string of the molecule is Cc1cccc(C(C)C)c1NC(=O)[C@@H]1CC(=O)N(Cc2ccccn2)C1. The molecule has 5 nitrogen and oxygen atoms in total. The Balaban J connectivity index is 1.69. The first kappa shape index (κ1) is 18.1. The molecule has 1 aliphatic heterocycles. The predicted octanol–water partition coefficient (Wildman–Crippen LogP) is 3.50. The van der Waals surface area contributed by atoms with Crippen LogP contribution in [0.1, 0.15) is 43.0 Å². The monoisotopic (exact) mass is 351 g/mol. The van der Waals surface area contributed by atoms with E-state index in [1.54, 1.807) is 11.1 Å². The Morgan fingerprint density at radius 2 is 2.08 bits per heavy atom. The number of carbonyl (C=O) groups excluding carboxylic acids is 2. The van der Waals surface area contributed by atoms with E-state index < -0.39 is 0 Å². The van der Waals surface area contributed by atoms with Gasteiger partial charge in [-0.05, 0) is 36.1 Å². The summed E-state index contributed by atoms with van der Waals surface area (Å²) in [5, 5.41) is 3.07. The van der Waals surface area contributed by atoms with Gasteiger partial charge in [0.2, 0.25) is 11.8 Å². The first-order chi connectivity index (χ1) is 12.5. The average molecular weight is 351 g/mol. The summed E-state index contributed by atoms with van der Waals surface area (Å²) in [7, 11) is 0. The molecule has 2 heterocycles. The summed E-state index contributed by atoms with van der Waals surface area (Å²) in [6.07, 6.45) is 1.97. The number of rotatable bonds is 5. The van der Waals surface area contributed by atoms with Crippen LogP contribution in [0.3, 0.4) is 0 Å². The van der Waals surface area contributed by atoms with Gasteiger partial charge in [-0.25, -0.2) is 0 Å². The number of hydrogen-bond donors (Lipinski definition) is 1. The summed E-state index contributed by atoms with van der Waals surface area (Å²) in [6.45, 7) is 7.10. The summed E-state index contributed by atoms with van der Waals surface area (Å²) in [5.74, 6) is -0.0929. The van der Waals surface area contributed by atoms with Crippen molar-refractivity contribution in [1.82, 2.24) is 9.88 Å². The van der Waals surface area contributed by atoms with E-state index in [0.717, 1.165) is 22.5 Å². The Bertz CT molecular complexity index is 802. The minimum Gasteiger partial charge on any atom is -0.336 e. The Hall–Kier alpha value is -2.69. The maximum absolute atomic E-state index is 12.8. The number of benzene rings is 1. The highest BCUT2D eigenvalue weighted by molar-refractivity contribution is 5.98. The fourth-order valence-electron chi connectivity index (χ4n) is 3.36. The first-order valence-electron chi connectivity index (χ1n) is 9.03. The van der Waals surface area contributed by atoms with Crippen molar-refractivity contribution in [1.29, 1.82) is 0 Å². The number of carbonyl (C=O) groups is 2. The van der Waals surface area contributed by atoms with Gasteiger partial charge in [0.15, 0.2) is 0 Å². The van der Waals surface area contributed by atoms with Gasteiger partial charge >= 0.3 is 0 Å². The Kier molecular flexibility index (Phi) is 5.35. The third-order valence-electron chi connectivity index (χ3n) is 4.84. The molecule has 0 saturated carbocycles. The summed E-state index contributed by atoms with van der Waals surface area (Å²) in [5.41, 5.74) is 3.87. The fraction of sp³-hybridized carbons (Fsp3) is 0.381. The molecule has 0 spiro atoms. The lowest BCUT2D eigenvalue weighted by atomic mass is 9.97. The van der Waals surface area contributed by atoms with Gasteiger partial charge in [0, 0.05) is 24.8 Å². The van der Waals surface area contributed by atoms with Crippen molar-refractivity contribution < 1.29 is 9.59 Å². The Morgan fingerprint density at radius 3 is 2.77 bits per heavy atom. The number of nitrogens with one attached hydrogen (secondary N) is 1. The van der Waals surface area contributed by atoms with Gasteiger partial charge in [0.25, 0.3) is 0 Å². The van der Waals surface area contributed by atoms with Crippen molar-refractivity contribution >= 4 is 17.5 Å². The van der Waals surface area contributed by atoms with E-state index in [1.807, 2.05) is 43.3 Å². The van der Waals surface area contributed by atoms with Crippen molar-refractivity contribution in [3.8, 4) is 0 Å². The molecule has 1 fully saturated rings. The molecule has 0 unspecified atom stereocenters. The lowest BCUT2D eigenvalue weighted by Crippen LogP contribution is -2.28. The number of para-hydroxylation sites is 1. The highest BCUT2D eigenvalue weighted by Crippen LogP contribution is 2.29. The maximum Gasteiger partial charge on any atom is 0.229 e. The van der Waals surface area contributed by atoms with Crippen LogP contribution in [0.15, 0.2) is 42.6 Å². The van der Waals surface area contributed by atoms with Gasteiger partial charge in [-0.2, -0.15) is 0 Å². The molecule has 26 heavy (non-hydrogen) atoms. The van der Waals surface area contributed by atoms with Crippen LogP contribution in [0, 0.1) is 12.8 Å². The molecule has 1 aromatic carbocycles. The zero-order valence-electron chi connectivity index (χ0n) is 15.5. The van der Waals surface area contributed by atoms with Gasteiger partial charge in [0.1, 0.15) is 0 Å². The molecule has 3 rings (SSSR count). The Labute approximate surface area is 154 Å². The van der Waals surface area contributed by atoms with Crippen LogP contribution in [0.5, 0.6) is 0 Å². The van der Waals surface area contributed by atoms with E-state index in [2.05, 4.69) is 24.1 Å². The molecule has 1 aromatic heterocycles. The number of pyridine rings is 1. The topological polar surface area (TPSA) is 62.3 Å². The second-order valence-corrected chi connectivity index (χ2v) is 7.18. The van der Waals surface area contributed by atoms with Crippen LogP contribution in [0.25, 0.3) is 0 Å². The van der Waals surface area contributed by atoms with E-state index in [-0.39, 0.29) is 24.2 Å². The molecule has 0 bridgehead atoms. The molecule has 1 N–H and O–H groups in total. The second kappa shape index (κ2) is 7.68. The summed E-state index contributed by atoms with van der Waals surface area (Å²) in [6, 6.07) is 11.7. The number of aromatic nitrogens is 1. The molecule has 1 saturated heterocycles. The van der Waals surface area contributed by atoms with Gasteiger partial charge in [-0.15, -0.1) is 0 Å². The normalized spacial score (nSPS) is 17.0. The lowest BCUT2D eigenvalue weighted by Gasteiger charge is -2.19. The van der Waals surface area contributed by atoms with Gasteiger partial charge < -0.3 is 10.2 Å². The predicted molar refractivity (Wildman–Crippen MR) is 102 cm³/mol. The van der Waals surface area contributed by atoms with E-state index in [4.69, 9.17) is 0 Å². The molecule has 1 aliphatic rings. The smallest absolute Gasteiger partial charge is 0.229 e. The quantitative estimate of drug-likeness (QED) is 0.897. The third kappa shape index (κ3) is 3.93. The van der Waals surface area contributed by atoms with E-state index in [9.17, 15) is 9.59 Å². The highest BCUT2D eigenvalue weighted by Gasteiger charge is 2.34. The van der Waals surface area contributed by atoms with Crippen LogP contribution < -0.4 is 5.32 Å². The van der Waals surface area contributed by atoms with E-state index in [0.29, 0.717) is 19.0 Å². The number of nitrogens with zero attached hydrogens (tertiary/aromatic N) is 2. The Morgan fingerprint density at radius 1 is 1.27 bits per heavy atom. The van der Waals surface area contributed by atoms with Crippen LogP contribution in [0.2, 0.25) is 0 Å². The summed E-state index contributed by atoms with van der Waals surface area (Å²) in [4.78, 5) is 31.1. The van der Waals surface area contributed by atoms with Crippen molar-refractivity contribution in [2.24, 2.45) is 5.92 Å². The van der Waals surface area contributed by atoms with Crippen molar-refractivity contribution in [2.75, 3.05) is 11.9 Å². The van der Waals surface area contributed by atoms with Gasteiger partial charge in [0.05, 0.1) is 18.2 Å². The first-order valence-corrected chi connectivity index (χ1v) is 9.03. The molecular weight excluding hydrogens is 326 g/mol. The summed E-state index contributed by atoms with van der Waals surface area (Å²) >= 11 is 0. The molecule has 0 aliphatic carbocycles. The zero-order valence-corrected chi connectivity index (χ0v) is 15.5. The minimum atomic E-state index is -0.328. The van der Waals surface area contributed by atoms with Crippen LogP contribution in [-0.4, -0.2) is 28.2 Å². The molecule has 136 valence electrons. The van der Waals surface area contributed by atoms with Crippen LogP contribution in [-0.2, 0) is 16.1 Å². The number of anilines is 1. The zero-order chi connectivity index (χ0) is 18.7. The third-order valence-corrected chi connectivity index (χ3v) is 4.84. The van der Waals surface area contributed by atoms with Crippen molar-refractivity contribution in [2.45, 2.75) is 39.7 Å².